The number of nitrogens with one attached hydrogen (secondary N) is 1. The molecule has 0 spiro atoms. The van der Waals surface area contributed by atoms with Gasteiger partial charge >= 0.3 is 0 Å². The number of para-hydroxylation sites is 2. The summed E-state index contributed by atoms with van der Waals surface area (Å²) in [5.74, 6) is 1.77. The largest absolute Gasteiger partial charge is 0.352 e. The van der Waals surface area contributed by atoms with Crippen LogP contribution in [0.4, 0.5) is 0 Å². The van der Waals surface area contributed by atoms with Gasteiger partial charge in [-0.05, 0) is 49.4 Å². The van der Waals surface area contributed by atoms with E-state index in [2.05, 4.69) is 41.9 Å². The van der Waals surface area contributed by atoms with Crippen LogP contribution in [0.25, 0.3) is 11.0 Å². The summed E-state index contributed by atoms with van der Waals surface area (Å²) in [7, 11) is 0. The fraction of sp³-hybridized carbons (Fsp3) is 0.391. The van der Waals surface area contributed by atoms with Crippen LogP contribution in [-0.2, 0) is 13.0 Å². The van der Waals surface area contributed by atoms with Crippen LogP contribution in [0.3, 0.4) is 0 Å². The van der Waals surface area contributed by atoms with Gasteiger partial charge in [0.05, 0.1) is 11.0 Å². The Hall–Kier alpha value is -2.62. The average Bonchev–Trinajstić information content (AvgIpc) is 3.01. The van der Waals surface area contributed by atoms with Crippen LogP contribution in [0.5, 0.6) is 0 Å². The lowest BCUT2D eigenvalue weighted by molar-refractivity contribution is 0.0952. The molecule has 0 aliphatic rings. The van der Waals surface area contributed by atoms with E-state index in [-0.39, 0.29) is 5.91 Å². The molecule has 4 nitrogen and oxygen atoms in total. The molecule has 1 heterocycles. The van der Waals surface area contributed by atoms with Crippen LogP contribution in [0.15, 0.2) is 48.5 Å². The lowest BCUT2D eigenvalue weighted by Gasteiger charge is -2.11. The SMILES string of the molecule is Cc1ccccc1C(=O)NCCCc1nc2ccccc2n1CCC(C)C. The summed E-state index contributed by atoms with van der Waals surface area (Å²) in [6.07, 6.45) is 2.88. The van der Waals surface area contributed by atoms with E-state index in [9.17, 15) is 4.79 Å². The summed E-state index contributed by atoms with van der Waals surface area (Å²) in [4.78, 5) is 17.2. The van der Waals surface area contributed by atoms with Gasteiger partial charge in [-0.25, -0.2) is 4.98 Å². The molecular weight excluding hydrogens is 334 g/mol. The molecule has 1 amide bonds. The quantitative estimate of drug-likeness (QED) is 0.587. The molecule has 3 rings (SSSR count). The summed E-state index contributed by atoms with van der Waals surface area (Å²) in [5, 5.41) is 3.04. The molecule has 0 bridgehead atoms. The Kier molecular flexibility index (Phi) is 6.28. The van der Waals surface area contributed by atoms with Crippen LogP contribution in [-0.4, -0.2) is 22.0 Å². The molecule has 2 aromatic carbocycles. The fourth-order valence-corrected chi connectivity index (χ4v) is 3.32. The fourth-order valence-electron chi connectivity index (χ4n) is 3.32. The predicted octanol–water partition coefficient (Wildman–Crippen LogP) is 4.75. The number of hydrogen-bond acceptors (Lipinski definition) is 2. The number of fused-ring (bicyclic) bond motifs is 1. The second-order valence-corrected chi connectivity index (χ2v) is 7.53. The highest BCUT2D eigenvalue weighted by Crippen LogP contribution is 2.19. The number of hydrogen-bond donors (Lipinski definition) is 1. The first-order valence-electron chi connectivity index (χ1n) is 9.84. The van der Waals surface area contributed by atoms with Crippen LogP contribution >= 0.6 is 0 Å². The van der Waals surface area contributed by atoms with Crippen molar-refractivity contribution in [3.8, 4) is 0 Å². The van der Waals surface area contributed by atoms with Crippen molar-refractivity contribution >= 4 is 16.9 Å². The Labute approximate surface area is 161 Å². The molecule has 142 valence electrons. The van der Waals surface area contributed by atoms with Crippen molar-refractivity contribution in [1.29, 1.82) is 0 Å². The Morgan fingerprint density at radius 3 is 2.63 bits per heavy atom. The molecule has 0 aliphatic heterocycles. The second-order valence-electron chi connectivity index (χ2n) is 7.53. The monoisotopic (exact) mass is 363 g/mol. The summed E-state index contributed by atoms with van der Waals surface area (Å²) < 4.78 is 2.35. The maximum absolute atomic E-state index is 12.3. The Morgan fingerprint density at radius 1 is 1.11 bits per heavy atom. The summed E-state index contributed by atoms with van der Waals surface area (Å²) in [6.45, 7) is 8.11. The Bertz CT molecular complexity index is 911. The average molecular weight is 364 g/mol. The molecule has 0 fully saturated rings. The number of rotatable bonds is 8. The summed E-state index contributed by atoms with van der Waals surface area (Å²) in [6, 6.07) is 16.0. The lowest BCUT2D eigenvalue weighted by atomic mass is 10.1. The highest BCUT2D eigenvalue weighted by molar-refractivity contribution is 5.95. The normalized spacial score (nSPS) is 11.3. The molecule has 0 saturated heterocycles. The van der Waals surface area contributed by atoms with Gasteiger partial charge < -0.3 is 9.88 Å². The van der Waals surface area contributed by atoms with Crippen LogP contribution < -0.4 is 5.32 Å². The second kappa shape index (κ2) is 8.85. The van der Waals surface area contributed by atoms with E-state index in [4.69, 9.17) is 4.98 Å². The molecule has 0 radical (unpaired) electrons. The molecule has 0 unspecified atom stereocenters. The minimum atomic E-state index is 0.00131. The van der Waals surface area contributed by atoms with Crippen molar-refractivity contribution in [1.82, 2.24) is 14.9 Å². The molecule has 1 aromatic heterocycles. The molecule has 4 heteroatoms. The van der Waals surface area contributed by atoms with Crippen molar-refractivity contribution in [3.05, 3.63) is 65.5 Å². The summed E-state index contributed by atoms with van der Waals surface area (Å²) in [5.41, 5.74) is 4.02. The zero-order chi connectivity index (χ0) is 19.2. The van der Waals surface area contributed by atoms with Crippen LogP contribution in [0.1, 0.15) is 48.4 Å². The van der Waals surface area contributed by atoms with Gasteiger partial charge in [0.1, 0.15) is 5.82 Å². The van der Waals surface area contributed by atoms with Gasteiger partial charge in [0.15, 0.2) is 0 Å². The van der Waals surface area contributed by atoms with E-state index in [0.29, 0.717) is 12.5 Å². The third kappa shape index (κ3) is 4.76. The van der Waals surface area contributed by atoms with Crippen LogP contribution in [0.2, 0.25) is 0 Å². The minimum absolute atomic E-state index is 0.00131. The number of amides is 1. The van der Waals surface area contributed by atoms with Gasteiger partial charge in [0.25, 0.3) is 5.91 Å². The van der Waals surface area contributed by atoms with E-state index in [0.717, 1.165) is 48.3 Å². The first kappa shape index (κ1) is 19.2. The number of carbonyl (C=O) groups is 1. The molecule has 1 N–H and O–H groups in total. The maximum Gasteiger partial charge on any atom is 0.251 e. The number of imidazole rings is 1. The van der Waals surface area contributed by atoms with E-state index in [1.807, 2.05) is 37.3 Å². The smallest absolute Gasteiger partial charge is 0.251 e. The Balaban J connectivity index is 1.62. The lowest BCUT2D eigenvalue weighted by Crippen LogP contribution is -2.25. The van der Waals surface area contributed by atoms with Gasteiger partial charge in [0, 0.05) is 25.1 Å². The van der Waals surface area contributed by atoms with E-state index < -0.39 is 0 Å². The minimum Gasteiger partial charge on any atom is -0.352 e. The van der Waals surface area contributed by atoms with Crippen molar-refractivity contribution in [2.24, 2.45) is 5.92 Å². The van der Waals surface area contributed by atoms with E-state index in [1.54, 1.807) is 0 Å². The first-order chi connectivity index (χ1) is 13.1. The molecule has 0 atom stereocenters. The number of benzene rings is 2. The predicted molar refractivity (Wildman–Crippen MR) is 111 cm³/mol. The van der Waals surface area contributed by atoms with E-state index in [1.165, 1.54) is 5.52 Å². The van der Waals surface area contributed by atoms with Gasteiger partial charge in [-0.2, -0.15) is 0 Å². The highest BCUT2D eigenvalue weighted by atomic mass is 16.1. The van der Waals surface area contributed by atoms with Crippen molar-refractivity contribution in [2.75, 3.05) is 6.54 Å². The molecule has 27 heavy (non-hydrogen) atoms. The maximum atomic E-state index is 12.3. The molecule has 0 aliphatic carbocycles. The van der Waals surface area contributed by atoms with Crippen molar-refractivity contribution < 1.29 is 4.79 Å². The zero-order valence-corrected chi connectivity index (χ0v) is 16.5. The van der Waals surface area contributed by atoms with Gasteiger partial charge in [-0.1, -0.05) is 44.2 Å². The van der Waals surface area contributed by atoms with Crippen molar-refractivity contribution in [3.63, 3.8) is 0 Å². The molecule has 3 aromatic rings. The highest BCUT2D eigenvalue weighted by Gasteiger charge is 2.11. The van der Waals surface area contributed by atoms with Gasteiger partial charge in [-0.15, -0.1) is 0 Å². The first-order valence-corrected chi connectivity index (χ1v) is 9.84. The standard InChI is InChI=1S/C23H29N3O/c1-17(2)14-16-26-21-12-7-6-11-20(21)25-22(26)13-8-15-24-23(27)19-10-5-4-9-18(19)3/h4-7,9-12,17H,8,13-16H2,1-3H3,(H,24,27). The van der Waals surface area contributed by atoms with Crippen LogP contribution in [0, 0.1) is 12.8 Å². The third-order valence-electron chi connectivity index (χ3n) is 4.92. The number of aryl methyl sites for hydroxylation is 3. The van der Waals surface area contributed by atoms with Gasteiger partial charge in [0.2, 0.25) is 0 Å². The zero-order valence-electron chi connectivity index (χ0n) is 16.5. The molecule has 0 saturated carbocycles. The van der Waals surface area contributed by atoms with Crippen molar-refractivity contribution in [2.45, 2.75) is 46.6 Å². The third-order valence-corrected chi connectivity index (χ3v) is 4.92. The topological polar surface area (TPSA) is 46.9 Å². The molecular formula is C23H29N3O. The van der Waals surface area contributed by atoms with Gasteiger partial charge in [-0.3, -0.25) is 4.79 Å². The number of nitrogens with zero attached hydrogens (tertiary/aromatic N) is 2. The number of aromatic nitrogens is 2. The summed E-state index contributed by atoms with van der Waals surface area (Å²) >= 11 is 0. The van der Waals surface area contributed by atoms with E-state index >= 15 is 0 Å². The number of carbonyl (C=O) groups excluding carboxylic acids is 1. The Morgan fingerprint density at radius 2 is 1.85 bits per heavy atom.